The molecular weight excluding hydrogens is 246 g/mol. The van der Waals surface area contributed by atoms with E-state index in [1.165, 1.54) is 0 Å². The quantitative estimate of drug-likeness (QED) is 0.803. The first kappa shape index (κ1) is 13.4. The second-order valence-corrected chi connectivity index (χ2v) is 4.39. The molecule has 1 aromatic heterocycles. The molecule has 2 aromatic rings. The molecule has 0 aliphatic heterocycles. The molecule has 5 heteroatoms. The predicted octanol–water partition coefficient (Wildman–Crippen LogP) is 1.56. The normalized spacial score (nSPS) is 10.7. The Morgan fingerprint density at radius 3 is 2.84 bits per heavy atom. The smallest absolute Gasteiger partial charge is 0.209 e. The van der Waals surface area contributed by atoms with Crippen LogP contribution in [0.25, 0.3) is 11.0 Å². The molecule has 1 aromatic carbocycles. The largest absolute Gasteiger partial charge is 0.493 e. The molecule has 0 fully saturated rings. The number of likely N-dealkylation sites (N-methyl/N-ethyl adjacent to an activating group) is 1. The summed E-state index contributed by atoms with van der Waals surface area (Å²) in [5.41, 5.74) is 2.40. The van der Waals surface area contributed by atoms with E-state index >= 15 is 0 Å². The molecule has 5 nitrogen and oxygen atoms in total. The van der Waals surface area contributed by atoms with Gasteiger partial charge < -0.3 is 19.2 Å². The van der Waals surface area contributed by atoms with Crippen LogP contribution in [0.3, 0.4) is 0 Å². The van der Waals surface area contributed by atoms with E-state index in [2.05, 4.69) is 0 Å². The van der Waals surface area contributed by atoms with Gasteiger partial charge in [-0.2, -0.15) is 0 Å². The van der Waals surface area contributed by atoms with Crippen molar-refractivity contribution in [3.05, 3.63) is 29.5 Å². The summed E-state index contributed by atoms with van der Waals surface area (Å²) in [6.07, 6.45) is 3.11. The van der Waals surface area contributed by atoms with Crippen LogP contribution in [-0.2, 0) is 17.8 Å². The van der Waals surface area contributed by atoms with Crippen LogP contribution >= 0.6 is 0 Å². The Morgan fingerprint density at radius 1 is 1.42 bits per heavy atom. The van der Waals surface area contributed by atoms with Gasteiger partial charge in [-0.15, -0.1) is 0 Å². The van der Waals surface area contributed by atoms with E-state index in [1.807, 2.05) is 6.07 Å². The molecule has 0 bridgehead atoms. The van der Waals surface area contributed by atoms with E-state index in [9.17, 15) is 9.90 Å². The summed E-state index contributed by atoms with van der Waals surface area (Å²) in [4.78, 5) is 12.2. The summed E-state index contributed by atoms with van der Waals surface area (Å²) < 4.78 is 10.8. The Morgan fingerprint density at radius 2 is 2.21 bits per heavy atom. The lowest BCUT2D eigenvalue weighted by Gasteiger charge is -2.10. The number of benzene rings is 1. The first-order chi connectivity index (χ1) is 9.21. The number of rotatable bonds is 6. The summed E-state index contributed by atoms with van der Waals surface area (Å²) in [5, 5.41) is 10.3. The van der Waals surface area contributed by atoms with Crippen molar-refractivity contribution >= 4 is 17.4 Å². The fraction of sp³-hybridized carbons (Fsp3) is 0.357. The monoisotopic (exact) mass is 263 g/mol. The van der Waals surface area contributed by atoms with Crippen molar-refractivity contribution in [1.82, 2.24) is 4.90 Å². The van der Waals surface area contributed by atoms with Gasteiger partial charge in [0.15, 0.2) is 11.3 Å². The van der Waals surface area contributed by atoms with Crippen LogP contribution < -0.4 is 4.74 Å². The molecule has 0 aliphatic carbocycles. The fourth-order valence-corrected chi connectivity index (χ4v) is 2.09. The lowest BCUT2D eigenvalue weighted by Crippen LogP contribution is -2.18. The van der Waals surface area contributed by atoms with E-state index in [0.29, 0.717) is 24.3 Å². The SMILES string of the molecule is COc1ccc(CO)c2c(CCN(C)C=O)coc12. The minimum atomic E-state index is -0.0590. The summed E-state index contributed by atoms with van der Waals surface area (Å²) in [5.74, 6) is 0.641. The third-order valence-electron chi connectivity index (χ3n) is 3.15. The highest BCUT2D eigenvalue weighted by atomic mass is 16.5. The van der Waals surface area contributed by atoms with Crippen molar-refractivity contribution in [3.8, 4) is 5.75 Å². The minimum Gasteiger partial charge on any atom is -0.493 e. The van der Waals surface area contributed by atoms with Crippen LogP contribution in [0.5, 0.6) is 5.75 Å². The van der Waals surface area contributed by atoms with Crippen molar-refractivity contribution in [3.63, 3.8) is 0 Å². The lowest BCUT2D eigenvalue weighted by molar-refractivity contribution is -0.116. The van der Waals surface area contributed by atoms with Crippen LogP contribution in [0.2, 0.25) is 0 Å². The zero-order valence-electron chi connectivity index (χ0n) is 11.0. The molecule has 0 saturated carbocycles. The van der Waals surface area contributed by atoms with Crippen LogP contribution in [0.4, 0.5) is 0 Å². The molecule has 0 aliphatic rings. The molecule has 0 unspecified atom stereocenters. The van der Waals surface area contributed by atoms with Gasteiger partial charge in [-0.1, -0.05) is 6.07 Å². The van der Waals surface area contributed by atoms with Gasteiger partial charge in [-0.05, 0) is 18.1 Å². The Bertz CT molecular complexity index is 576. The van der Waals surface area contributed by atoms with Gasteiger partial charge in [0.2, 0.25) is 6.41 Å². The number of hydrogen-bond donors (Lipinski definition) is 1. The van der Waals surface area contributed by atoms with Crippen LogP contribution in [0, 0.1) is 0 Å². The molecule has 1 N–H and O–H groups in total. The average molecular weight is 263 g/mol. The predicted molar refractivity (Wildman–Crippen MR) is 71.1 cm³/mol. The Kier molecular flexibility index (Phi) is 4.06. The molecule has 0 saturated heterocycles. The molecule has 0 radical (unpaired) electrons. The second kappa shape index (κ2) is 5.75. The first-order valence-corrected chi connectivity index (χ1v) is 6.03. The number of furan rings is 1. The highest BCUT2D eigenvalue weighted by Gasteiger charge is 2.14. The maximum absolute atomic E-state index is 10.6. The number of aliphatic hydroxyl groups excluding tert-OH is 1. The Labute approximate surface area is 111 Å². The number of nitrogens with zero attached hydrogens (tertiary/aromatic N) is 1. The van der Waals surface area contributed by atoms with Crippen molar-refractivity contribution in [2.45, 2.75) is 13.0 Å². The maximum atomic E-state index is 10.6. The number of carbonyl (C=O) groups excluding carboxylic acids is 1. The Hall–Kier alpha value is -2.01. The number of aliphatic hydroxyl groups is 1. The van der Waals surface area contributed by atoms with E-state index in [0.717, 1.165) is 22.9 Å². The lowest BCUT2D eigenvalue weighted by atomic mass is 10.0. The first-order valence-electron chi connectivity index (χ1n) is 6.03. The standard InChI is InChI=1S/C14H17NO4/c1-15(9-17)6-5-11-8-19-14-12(18-2)4-3-10(7-16)13(11)14/h3-4,8-9,16H,5-7H2,1-2H3. The molecule has 102 valence electrons. The van der Waals surface area contributed by atoms with E-state index in [-0.39, 0.29) is 6.61 Å². The van der Waals surface area contributed by atoms with E-state index in [1.54, 1.807) is 31.4 Å². The van der Waals surface area contributed by atoms with Crippen molar-refractivity contribution in [2.24, 2.45) is 0 Å². The third kappa shape index (κ3) is 2.56. The number of hydrogen-bond acceptors (Lipinski definition) is 4. The maximum Gasteiger partial charge on any atom is 0.209 e. The summed E-state index contributed by atoms with van der Waals surface area (Å²) in [6.45, 7) is 0.538. The molecule has 2 rings (SSSR count). The Balaban J connectivity index is 2.41. The highest BCUT2D eigenvalue weighted by molar-refractivity contribution is 5.89. The number of ether oxygens (including phenoxy) is 1. The van der Waals surface area contributed by atoms with Gasteiger partial charge in [0.05, 0.1) is 20.0 Å². The van der Waals surface area contributed by atoms with Crippen molar-refractivity contribution in [1.29, 1.82) is 0 Å². The number of carbonyl (C=O) groups is 1. The van der Waals surface area contributed by atoms with E-state index < -0.39 is 0 Å². The van der Waals surface area contributed by atoms with Crippen molar-refractivity contribution in [2.75, 3.05) is 20.7 Å². The molecule has 1 amide bonds. The second-order valence-electron chi connectivity index (χ2n) is 4.39. The van der Waals surface area contributed by atoms with Gasteiger partial charge in [0.1, 0.15) is 0 Å². The molecule has 0 spiro atoms. The summed E-state index contributed by atoms with van der Waals surface area (Å²) in [6, 6.07) is 3.60. The van der Waals surface area contributed by atoms with E-state index in [4.69, 9.17) is 9.15 Å². The highest BCUT2D eigenvalue weighted by Crippen LogP contribution is 2.33. The molecular formula is C14H17NO4. The summed E-state index contributed by atoms with van der Waals surface area (Å²) >= 11 is 0. The molecule has 19 heavy (non-hydrogen) atoms. The third-order valence-corrected chi connectivity index (χ3v) is 3.15. The van der Waals surface area contributed by atoms with Crippen LogP contribution in [-0.4, -0.2) is 37.1 Å². The number of methoxy groups -OCH3 is 1. The molecule has 1 heterocycles. The fourth-order valence-electron chi connectivity index (χ4n) is 2.09. The van der Waals surface area contributed by atoms with Gasteiger partial charge in [-0.25, -0.2) is 0 Å². The topological polar surface area (TPSA) is 62.9 Å². The zero-order valence-corrected chi connectivity index (χ0v) is 11.0. The molecule has 0 atom stereocenters. The summed E-state index contributed by atoms with van der Waals surface area (Å²) in [7, 11) is 3.30. The van der Waals surface area contributed by atoms with Crippen LogP contribution in [0.15, 0.2) is 22.8 Å². The van der Waals surface area contributed by atoms with Gasteiger partial charge >= 0.3 is 0 Å². The van der Waals surface area contributed by atoms with Gasteiger partial charge in [0.25, 0.3) is 0 Å². The van der Waals surface area contributed by atoms with Crippen molar-refractivity contribution < 1.29 is 19.1 Å². The van der Waals surface area contributed by atoms with Gasteiger partial charge in [0, 0.05) is 24.5 Å². The zero-order chi connectivity index (χ0) is 13.8. The van der Waals surface area contributed by atoms with Crippen LogP contribution in [0.1, 0.15) is 11.1 Å². The average Bonchev–Trinajstić information content (AvgIpc) is 2.87. The number of amides is 1. The van der Waals surface area contributed by atoms with Gasteiger partial charge in [-0.3, -0.25) is 4.79 Å². The minimum absolute atomic E-state index is 0.0590. The number of fused-ring (bicyclic) bond motifs is 1.